The molecule has 1 aromatic rings. The Kier molecular flexibility index (Phi) is 5.95. The molecule has 8 heteroatoms. The number of benzene rings is 1. The number of rotatable bonds is 6. The molecule has 142 valence electrons. The number of carbonyl (C=O) groups is 2. The maximum atomic E-state index is 12.3. The van der Waals surface area contributed by atoms with Crippen LogP contribution in [0.5, 0.6) is 0 Å². The van der Waals surface area contributed by atoms with Crippen molar-refractivity contribution in [3.8, 4) is 0 Å². The molecule has 4 atom stereocenters. The van der Waals surface area contributed by atoms with Crippen molar-refractivity contribution in [3.05, 3.63) is 53.7 Å². The lowest BCUT2D eigenvalue weighted by Crippen LogP contribution is -2.38. The third kappa shape index (κ3) is 4.21. The SMILES string of the molecule is O=C(OCc1ccccc1)C(=O)C1=C[N+]([C@@H]2OC(CO)[C@@H](O)[C@H]2O)=C=CC1. The van der Waals surface area contributed by atoms with Crippen LogP contribution in [0, 0.1) is 0 Å². The number of aliphatic hydroxyl groups is 3. The molecule has 1 unspecified atom stereocenters. The summed E-state index contributed by atoms with van der Waals surface area (Å²) >= 11 is 0. The topological polar surface area (TPSA) is 116 Å². The highest BCUT2D eigenvalue weighted by atomic mass is 16.6. The molecule has 27 heavy (non-hydrogen) atoms. The average Bonchev–Trinajstić information content (AvgIpc) is 3.00. The minimum atomic E-state index is -1.31. The van der Waals surface area contributed by atoms with Crippen LogP contribution in [0.25, 0.3) is 0 Å². The molecular weight excluding hydrogens is 354 g/mol. The monoisotopic (exact) mass is 374 g/mol. The van der Waals surface area contributed by atoms with E-state index in [2.05, 4.69) is 5.87 Å². The number of nitrogens with zero attached hydrogens (tertiary/aromatic N) is 1. The molecule has 0 spiro atoms. The Morgan fingerprint density at radius 2 is 1.96 bits per heavy atom. The molecule has 3 rings (SSSR count). The third-order valence-electron chi connectivity index (χ3n) is 4.34. The van der Waals surface area contributed by atoms with Gasteiger partial charge in [0, 0.05) is 12.5 Å². The van der Waals surface area contributed by atoms with E-state index in [-0.39, 0.29) is 18.6 Å². The number of ketones is 1. The van der Waals surface area contributed by atoms with Crippen molar-refractivity contribution in [1.82, 2.24) is 0 Å². The second-order valence-electron chi connectivity index (χ2n) is 6.22. The first-order valence-electron chi connectivity index (χ1n) is 8.46. The molecule has 2 heterocycles. The highest BCUT2D eigenvalue weighted by Gasteiger charge is 2.49. The van der Waals surface area contributed by atoms with Crippen LogP contribution >= 0.6 is 0 Å². The largest absolute Gasteiger partial charge is 0.455 e. The third-order valence-corrected chi connectivity index (χ3v) is 4.34. The van der Waals surface area contributed by atoms with Crippen molar-refractivity contribution in [1.29, 1.82) is 0 Å². The van der Waals surface area contributed by atoms with Gasteiger partial charge in [0.2, 0.25) is 0 Å². The lowest BCUT2D eigenvalue weighted by atomic mass is 10.1. The number of hydrogen-bond donors (Lipinski definition) is 3. The first-order valence-corrected chi connectivity index (χ1v) is 8.46. The van der Waals surface area contributed by atoms with Gasteiger partial charge in [0.25, 0.3) is 5.78 Å². The molecule has 3 N–H and O–H groups in total. The second-order valence-corrected chi connectivity index (χ2v) is 6.22. The number of ether oxygens (including phenoxy) is 2. The Labute approximate surface area is 155 Å². The molecule has 0 bridgehead atoms. The van der Waals surface area contributed by atoms with Gasteiger partial charge in [-0.05, 0) is 5.56 Å². The molecule has 0 aromatic heterocycles. The minimum absolute atomic E-state index is 0.0147. The van der Waals surface area contributed by atoms with Crippen LogP contribution in [-0.4, -0.2) is 68.7 Å². The lowest BCUT2D eigenvalue weighted by molar-refractivity contribution is -0.558. The quantitative estimate of drug-likeness (QED) is 0.341. The Morgan fingerprint density at radius 3 is 2.63 bits per heavy atom. The van der Waals surface area contributed by atoms with Crippen LogP contribution < -0.4 is 0 Å². The van der Waals surface area contributed by atoms with Gasteiger partial charge in [0.1, 0.15) is 18.8 Å². The molecule has 2 aliphatic heterocycles. The van der Waals surface area contributed by atoms with Crippen molar-refractivity contribution in [2.45, 2.75) is 37.6 Å². The van der Waals surface area contributed by atoms with E-state index < -0.39 is 42.9 Å². The molecule has 0 radical (unpaired) electrons. The summed E-state index contributed by atoms with van der Waals surface area (Å²) < 4.78 is 11.7. The van der Waals surface area contributed by atoms with E-state index in [1.807, 2.05) is 6.07 Å². The molecule has 1 saturated heterocycles. The van der Waals surface area contributed by atoms with Crippen molar-refractivity contribution >= 4 is 17.6 Å². The van der Waals surface area contributed by atoms with Crippen LogP contribution in [0.1, 0.15) is 12.0 Å². The number of carbonyl (C=O) groups excluding carboxylic acids is 2. The zero-order valence-corrected chi connectivity index (χ0v) is 14.4. The molecule has 1 fully saturated rings. The van der Waals surface area contributed by atoms with E-state index >= 15 is 0 Å². The highest BCUT2D eigenvalue weighted by molar-refractivity contribution is 6.40. The summed E-state index contributed by atoms with van der Waals surface area (Å²) in [7, 11) is 0. The van der Waals surface area contributed by atoms with Crippen LogP contribution in [-0.2, 0) is 25.7 Å². The predicted molar refractivity (Wildman–Crippen MR) is 91.5 cm³/mol. The number of allylic oxidation sites excluding steroid dienone is 1. The van der Waals surface area contributed by atoms with E-state index in [9.17, 15) is 19.8 Å². The average molecular weight is 374 g/mol. The fourth-order valence-electron chi connectivity index (χ4n) is 2.85. The molecule has 8 nitrogen and oxygen atoms in total. The summed E-state index contributed by atoms with van der Waals surface area (Å²) in [6.45, 7) is -0.479. The molecule has 2 aliphatic rings. The van der Waals surface area contributed by atoms with Gasteiger partial charge in [-0.2, -0.15) is 0 Å². The van der Waals surface area contributed by atoms with Gasteiger partial charge in [-0.25, -0.2) is 4.79 Å². The fourth-order valence-corrected chi connectivity index (χ4v) is 2.85. The summed E-state index contributed by atoms with van der Waals surface area (Å²) in [5.41, 5.74) is 0.905. The van der Waals surface area contributed by atoms with E-state index in [4.69, 9.17) is 14.6 Å². The first kappa shape index (κ1) is 19.2. The minimum Gasteiger partial charge on any atom is -0.455 e. The number of Topliss-reactive ketones (excluding diaryl/α,β-unsaturated/α-hetero) is 1. The van der Waals surface area contributed by atoms with Crippen LogP contribution in [0.2, 0.25) is 0 Å². The Morgan fingerprint density at radius 1 is 1.22 bits per heavy atom. The maximum absolute atomic E-state index is 12.3. The summed E-state index contributed by atoms with van der Waals surface area (Å²) in [5, 5.41) is 29.1. The zero-order chi connectivity index (χ0) is 19.4. The lowest BCUT2D eigenvalue weighted by Gasteiger charge is -2.11. The molecule has 0 saturated carbocycles. The van der Waals surface area contributed by atoms with Crippen LogP contribution in [0.3, 0.4) is 0 Å². The Bertz CT molecular complexity index is 811. The van der Waals surface area contributed by atoms with E-state index in [0.717, 1.165) is 5.56 Å². The highest BCUT2D eigenvalue weighted by Crippen LogP contribution is 2.23. The van der Waals surface area contributed by atoms with Crippen molar-refractivity contribution in [2.75, 3.05) is 6.61 Å². The summed E-state index contributed by atoms with van der Waals surface area (Å²) in [5.74, 6) is 0.998. The van der Waals surface area contributed by atoms with Gasteiger partial charge < -0.3 is 24.8 Å². The predicted octanol–water partition coefficient (Wildman–Crippen LogP) is -0.736. The standard InChI is InChI=1S/C19H20NO7/c21-10-14-16(23)17(24)18(27-14)20-8-4-7-13(9-20)15(22)19(25)26-11-12-5-2-1-3-6-12/h1-6,9,14,16-18,21,23-24H,7,10-11H2/q+1/t14?,16-,17-,18-/m1/s1. The summed E-state index contributed by atoms with van der Waals surface area (Å²) in [6.07, 6.45) is -1.55. The van der Waals surface area contributed by atoms with E-state index in [0.29, 0.717) is 0 Å². The van der Waals surface area contributed by atoms with Gasteiger partial charge in [-0.3, -0.25) is 4.79 Å². The van der Waals surface area contributed by atoms with Crippen molar-refractivity contribution in [2.24, 2.45) is 0 Å². The van der Waals surface area contributed by atoms with Crippen LogP contribution in [0.15, 0.2) is 48.2 Å². The van der Waals surface area contributed by atoms with Gasteiger partial charge in [0.15, 0.2) is 18.2 Å². The number of hydrogen-bond acceptors (Lipinski definition) is 7. The molecule has 0 aliphatic carbocycles. The molecule has 1 aromatic carbocycles. The van der Waals surface area contributed by atoms with Gasteiger partial charge >= 0.3 is 12.2 Å². The van der Waals surface area contributed by atoms with Gasteiger partial charge in [-0.1, -0.05) is 30.3 Å². The van der Waals surface area contributed by atoms with Crippen molar-refractivity contribution in [3.63, 3.8) is 0 Å². The Balaban J connectivity index is 1.66. The molecular formula is C19H20NO7+. The summed E-state index contributed by atoms with van der Waals surface area (Å²) in [6, 6.07) is 8.98. The fraction of sp³-hybridized carbons (Fsp3) is 0.368. The normalized spacial score (nSPS) is 27.1. The number of esters is 1. The van der Waals surface area contributed by atoms with Gasteiger partial charge in [-0.15, -0.1) is 4.58 Å². The van der Waals surface area contributed by atoms with E-state index in [1.165, 1.54) is 16.9 Å². The number of aliphatic hydroxyl groups excluding tert-OH is 3. The smallest absolute Gasteiger partial charge is 0.379 e. The second kappa shape index (κ2) is 8.39. The van der Waals surface area contributed by atoms with E-state index in [1.54, 1.807) is 24.3 Å². The first-order chi connectivity index (χ1) is 13.0. The maximum Gasteiger partial charge on any atom is 0.379 e. The summed E-state index contributed by atoms with van der Waals surface area (Å²) in [4.78, 5) is 24.4. The molecule has 0 amide bonds. The van der Waals surface area contributed by atoms with Gasteiger partial charge in [0.05, 0.1) is 12.2 Å². The zero-order valence-electron chi connectivity index (χ0n) is 14.4. The Hall–Kier alpha value is -2.61. The van der Waals surface area contributed by atoms with Crippen molar-refractivity contribution < 1.29 is 39.0 Å². The van der Waals surface area contributed by atoms with Crippen LogP contribution in [0.4, 0.5) is 0 Å².